The van der Waals surface area contributed by atoms with Gasteiger partial charge >= 0.3 is 5.69 Å². The molecule has 1 saturated carbocycles. The number of hydrogen-bond donors (Lipinski definition) is 2. The van der Waals surface area contributed by atoms with E-state index in [9.17, 15) is 10.1 Å². The summed E-state index contributed by atoms with van der Waals surface area (Å²) < 4.78 is 0. The smallest absolute Gasteiger partial charge is 0.329 e. The van der Waals surface area contributed by atoms with Gasteiger partial charge in [0.05, 0.1) is 4.92 Å². The molecule has 7 heteroatoms. The van der Waals surface area contributed by atoms with Crippen LogP contribution in [0.2, 0.25) is 0 Å². The predicted molar refractivity (Wildman–Crippen MR) is 68.7 cm³/mol. The molecule has 2 rings (SSSR count). The van der Waals surface area contributed by atoms with Crippen molar-refractivity contribution in [2.75, 3.05) is 17.2 Å². The fourth-order valence-corrected chi connectivity index (χ4v) is 1.96. The van der Waals surface area contributed by atoms with Crippen molar-refractivity contribution >= 4 is 17.5 Å². The molecule has 0 spiro atoms. The van der Waals surface area contributed by atoms with E-state index in [1.165, 1.54) is 6.20 Å². The summed E-state index contributed by atoms with van der Waals surface area (Å²) in [4.78, 5) is 18.6. The van der Waals surface area contributed by atoms with Crippen molar-refractivity contribution < 1.29 is 4.92 Å². The van der Waals surface area contributed by atoms with E-state index < -0.39 is 4.92 Å². The Bertz CT molecular complexity index is 459. The minimum absolute atomic E-state index is 0.0789. The Morgan fingerprint density at radius 1 is 1.56 bits per heavy atom. The standard InChI is InChI=1S/C11H17N5O2/c1-3-12-10-13-7-8(16(17)18)9(14-10)15-11(2)5-4-6-11/h7H,3-6H2,1-2H3,(H2,12,13,14,15). The number of rotatable bonds is 5. The third-order valence-electron chi connectivity index (χ3n) is 3.18. The van der Waals surface area contributed by atoms with Crippen LogP contribution in [0.4, 0.5) is 17.5 Å². The van der Waals surface area contributed by atoms with Gasteiger partial charge in [0.1, 0.15) is 6.20 Å². The summed E-state index contributed by atoms with van der Waals surface area (Å²) >= 11 is 0. The minimum atomic E-state index is -0.458. The average molecular weight is 251 g/mol. The lowest BCUT2D eigenvalue weighted by Crippen LogP contribution is -2.42. The van der Waals surface area contributed by atoms with E-state index in [1.54, 1.807) is 0 Å². The van der Waals surface area contributed by atoms with Gasteiger partial charge in [-0.15, -0.1) is 0 Å². The summed E-state index contributed by atoms with van der Waals surface area (Å²) in [5.74, 6) is 0.710. The number of nitro groups is 1. The third-order valence-corrected chi connectivity index (χ3v) is 3.18. The van der Waals surface area contributed by atoms with E-state index in [4.69, 9.17) is 0 Å². The lowest BCUT2D eigenvalue weighted by atomic mass is 9.78. The Labute approximate surface area is 105 Å². The predicted octanol–water partition coefficient (Wildman–Crippen LogP) is 2.17. The first-order valence-corrected chi connectivity index (χ1v) is 6.07. The summed E-state index contributed by atoms with van der Waals surface area (Å²) in [6.07, 6.45) is 4.40. The van der Waals surface area contributed by atoms with E-state index in [2.05, 4.69) is 27.5 Å². The van der Waals surface area contributed by atoms with Crippen LogP contribution in [0.1, 0.15) is 33.1 Å². The van der Waals surface area contributed by atoms with E-state index in [-0.39, 0.29) is 11.2 Å². The van der Waals surface area contributed by atoms with Gasteiger partial charge in [-0.25, -0.2) is 4.98 Å². The molecule has 1 aromatic rings. The molecule has 1 aromatic heterocycles. The van der Waals surface area contributed by atoms with Crippen LogP contribution in [0.15, 0.2) is 6.20 Å². The SMILES string of the molecule is CCNc1ncc([N+](=O)[O-])c(NC2(C)CCC2)n1. The van der Waals surface area contributed by atoms with Crippen molar-refractivity contribution in [2.45, 2.75) is 38.6 Å². The van der Waals surface area contributed by atoms with E-state index in [1.807, 2.05) is 6.92 Å². The molecular formula is C11H17N5O2. The van der Waals surface area contributed by atoms with Gasteiger partial charge in [0.25, 0.3) is 0 Å². The van der Waals surface area contributed by atoms with Crippen LogP contribution in [0.3, 0.4) is 0 Å². The topological polar surface area (TPSA) is 93.0 Å². The van der Waals surface area contributed by atoms with Gasteiger partial charge < -0.3 is 10.6 Å². The van der Waals surface area contributed by atoms with E-state index >= 15 is 0 Å². The summed E-state index contributed by atoms with van der Waals surface area (Å²) in [5.41, 5.74) is -0.160. The highest BCUT2D eigenvalue weighted by Crippen LogP contribution is 2.36. The van der Waals surface area contributed by atoms with Gasteiger partial charge in [-0.1, -0.05) is 0 Å². The number of nitrogens with zero attached hydrogens (tertiary/aromatic N) is 3. The summed E-state index contributed by atoms with van der Waals surface area (Å²) in [6.45, 7) is 4.65. The molecule has 1 heterocycles. The fourth-order valence-electron chi connectivity index (χ4n) is 1.96. The van der Waals surface area contributed by atoms with Crippen molar-refractivity contribution in [3.8, 4) is 0 Å². The van der Waals surface area contributed by atoms with Crippen LogP contribution < -0.4 is 10.6 Å². The molecule has 0 unspecified atom stereocenters. The molecule has 18 heavy (non-hydrogen) atoms. The Hall–Kier alpha value is -1.92. The number of anilines is 2. The zero-order chi connectivity index (χ0) is 13.2. The number of aromatic nitrogens is 2. The first kappa shape index (κ1) is 12.5. The molecule has 7 nitrogen and oxygen atoms in total. The molecule has 1 aliphatic carbocycles. The van der Waals surface area contributed by atoms with Crippen LogP contribution >= 0.6 is 0 Å². The molecular weight excluding hydrogens is 234 g/mol. The first-order valence-electron chi connectivity index (χ1n) is 6.07. The van der Waals surface area contributed by atoms with Crippen LogP contribution in [0.25, 0.3) is 0 Å². The zero-order valence-electron chi connectivity index (χ0n) is 10.6. The maximum absolute atomic E-state index is 10.9. The normalized spacial score (nSPS) is 16.8. The summed E-state index contributed by atoms with van der Waals surface area (Å²) in [6, 6.07) is 0. The first-order chi connectivity index (χ1) is 8.54. The Balaban J connectivity index is 2.28. The van der Waals surface area contributed by atoms with Gasteiger partial charge in [0.15, 0.2) is 0 Å². The Morgan fingerprint density at radius 2 is 2.28 bits per heavy atom. The lowest BCUT2D eigenvalue weighted by molar-refractivity contribution is -0.384. The second-order valence-electron chi connectivity index (χ2n) is 4.75. The quantitative estimate of drug-likeness (QED) is 0.615. The summed E-state index contributed by atoms with van der Waals surface area (Å²) in [7, 11) is 0. The fraction of sp³-hybridized carbons (Fsp3) is 0.636. The second-order valence-corrected chi connectivity index (χ2v) is 4.75. The highest BCUT2D eigenvalue weighted by molar-refractivity contribution is 5.58. The maximum Gasteiger partial charge on any atom is 0.329 e. The molecule has 0 aliphatic heterocycles. The molecule has 98 valence electrons. The highest BCUT2D eigenvalue weighted by atomic mass is 16.6. The Morgan fingerprint density at radius 3 is 2.78 bits per heavy atom. The van der Waals surface area contributed by atoms with Crippen LogP contribution in [0.5, 0.6) is 0 Å². The molecule has 1 fully saturated rings. The van der Waals surface area contributed by atoms with Crippen molar-refractivity contribution in [1.29, 1.82) is 0 Å². The van der Waals surface area contributed by atoms with E-state index in [0.29, 0.717) is 18.3 Å². The van der Waals surface area contributed by atoms with Gasteiger partial charge in [0.2, 0.25) is 11.8 Å². The van der Waals surface area contributed by atoms with Gasteiger partial charge in [0, 0.05) is 12.1 Å². The van der Waals surface area contributed by atoms with Crippen molar-refractivity contribution in [3.63, 3.8) is 0 Å². The highest BCUT2D eigenvalue weighted by Gasteiger charge is 2.34. The second kappa shape index (κ2) is 4.75. The molecule has 1 aliphatic rings. The molecule has 0 radical (unpaired) electrons. The Kier molecular flexibility index (Phi) is 3.31. The molecule has 0 saturated heterocycles. The van der Waals surface area contributed by atoms with Crippen molar-refractivity contribution in [1.82, 2.24) is 9.97 Å². The van der Waals surface area contributed by atoms with Crippen LogP contribution in [-0.2, 0) is 0 Å². The summed E-state index contributed by atoms with van der Waals surface area (Å²) in [5, 5.41) is 17.1. The van der Waals surface area contributed by atoms with E-state index in [0.717, 1.165) is 19.3 Å². The number of hydrogen-bond acceptors (Lipinski definition) is 6. The van der Waals surface area contributed by atoms with Gasteiger partial charge in [-0.2, -0.15) is 4.98 Å². The monoisotopic (exact) mass is 251 g/mol. The lowest BCUT2D eigenvalue weighted by Gasteiger charge is -2.39. The molecule has 2 N–H and O–H groups in total. The molecule has 0 aromatic carbocycles. The molecule has 0 atom stereocenters. The molecule has 0 bridgehead atoms. The minimum Gasteiger partial charge on any atom is -0.359 e. The maximum atomic E-state index is 10.9. The zero-order valence-corrected chi connectivity index (χ0v) is 10.6. The van der Waals surface area contributed by atoms with Crippen LogP contribution in [-0.4, -0.2) is 27.0 Å². The molecule has 0 amide bonds. The average Bonchev–Trinajstić information content (AvgIpc) is 2.27. The van der Waals surface area contributed by atoms with Gasteiger partial charge in [-0.05, 0) is 33.1 Å². The largest absolute Gasteiger partial charge is 0.359 e. The van der Waals surface area contributed by atoms with Crippen molar-refractivity contribution in [3.05, 3.63) is 16.3 Å². The third kappa shape index (κ3) is 2.49. The van der Waals surface area contributed by atoms with Gasteiger partial charge in [-0.3, -0.25) is 10.1 Å². The van der Waals surface area contributed by atoms with Crippen LogP contribution in [0, 0.1) is 10.1 Å². The van der Waals surface area contributed by atoms with Crippen molar-refractivity contribution in [2.24, 2.45) is 0 Å². The number of nitrogens with one attached hydrogen (secondary N) is 2.